The number of benzene rings is 1. The van der Waals surface area contributed by atoms with Gasteiger partial charge < -0.3 is 0 Å². The van der Waals surface area contributed by atoms with Crippen LogP contribution in [0.3, 0.4) is 0 Å². The third kappa shape index (κ3) is 3.17. The summed E-state index contributed by atoms with van der Waals surface area (Å²) in [6.45, 7) is 2.10. The maximum Gasteiger partial charge on any atom is 0.441 e. The molecule has 0 atom stereocenters. The molecule has 0 saturated carbocycles. The lowest BCUT2D eigenvalue weighted by Gasteiger charge is -2.08. The average Bonchev–Trinajstić information content (AvgIpc) is 2.86. The summed E-state index contributed by atoms with van der Waals surface area (Å²) in [4.78, 5) is 16.1. The van der Waals surface area contributed by atoms with Gasteiger partial charge in [0.1, 0.15) is 5.82 Å². The average molecular weight is 334 g/mol. The van der Waals surface area contributed by atoms with Gasteiger partial charge in [-0.1, -0.05) is 28.9 Å². The van der Waals surface area contributed by atoms with Crippen LogP contribution in [-0.2, 0) is 13.0 Å². The largest absolute Gasteiger partial charge is 0.441 e. The van der Waals surface area contributed by atoms with Crippen molar-refractivity contribution in [3.63, 3.8) is 0 Å². The molecule has 0 radical (unpaired) electrons. The maximum atomic E-state index is 13.9. The number of hydrogen-bond acceptors (Lipinski definition) is 4. The Morgan fingerprint density at radius 2 is 2.13 bits per heavy atom. The molecule has 0 unspecified atom stereocenters. The Morgan fingerprint density at radius 3 is 2.87 bits per heavy atom. The van der Waals surface area contributed by atoms with Crippen LogP contribution in [0, 0.1) is 12.7 Å². The zero-order valence-corrected chi connectivity index (χ0v) is 13.0. The van der Waals surface area contributed by atoms with Gasteiger partial charge >= 0.3 is 5.76 Å². The molecule has 118 valence electrons. The lowest BCUT2D eigenvalue weighted by molar-refractivity contribution is 0.375. The molecule has 0 bridgehead atoms. The molecule has 3 rings (SSSR count). The Balaban J connectivity index is 1.97. The van der Waals surface area contributed by atoms with Crippen LogP contribution in [0.15, 0.2) is 45.8 Å². The number of aromatic nitrogens is 3. The van der Waals surface area contributed by atoms with Crippen molar-refractivity contribution in [3.05, 3.63) is 80.6 Å². The molecule has 0 aliphatic carbocycles. The molecule has 7 heteroatoms. The van der Waals surface area contributed by atoms with Crippen LogP contribution in [0.4, 0.5) is 4.39 Å². The predicted molar refractivity (Wildman–Crippen MR) is 83.1 cm³/mol. The fraction of sp³-hybridized carbons (Fsp3) is 0.188. The zero-order valence-electron chi connectivity index (χ0n) is 12.3. The number of pyridine rings is 1. The van der Waals surface area contributed by atoms with Crippen LogP contribution in [0.2, 0.25) is 5.02 Å². The minimum atomic E-state index is -0.601. The molecule has 0 spiro atoms. The summed E-state index contributed by atoms with van der Waals surface area (Å²) in [5.74, 6) is -0.738. The molecule has 2 aromatic heterocycles. The van der Waals surface area contributed by atoms with E-state index in [1.165, 1.54) is 16.7 Å². The third-order valence-electron chi connectivity index (χ3n) is 3.60. The Hall–Kier alpha value is -2.47. The number of nitrogens with zero attached hydrogens (tertiary/aromatic N) is 3. The van der Waals surface area contributed by atoms with Gasteiger partial charge in [0.25, 0.3) is 0 Å². The first-order valence-electron chi connectivity index (χ1n) is 6.95. The van der Waals surface area contributed by atoms with Gasteiger partial charge in [0.15, 0.2) is 5.82 Å². The molecule has 1 aromatic carbocycles. The summed E-state index contributed by atoms with van der Waals surface area (Å²) in [6, 6.07) is 8.08. The minimum absolute atomic E-state index is 0.0660. The summed E-state index contributed by atoms with van der Waals surface area (Å²) < 4.78 is 20.0. The number of aryl methyl sites for hydroxylation is 1. The summed E-state index contributed by atoms with van der Waals surface area (Å²) in [6.07, 6.45) is 1.74. The first-order valence-corrected chi connectivity index (χ1v) is 7.33. The molecular weight excluding hydrogens is 321 g/mol. The highest BCUT2D eigenvalue weighted by Crippen LogP contribution is 2.21. The summed E-state index contributed by atoms with van der Waals surface area (Å²) in [5.41, 5.74) is 1.94. The molecule has 0 aliphatic rings. The van der Waals surface area contributed by atoms with Crippen molar-refractivity contribution in [2.24, 2.45) is 0 Å². The number of halogens is 2. The topological polar surface area (TPSA) is 60.9 Å². The predicted octanol–water partition coefficient (Wildman–Crippen LogP) is 2.97. The Labute approximate surface area is 136 Å². The molecule has 5 nitrogen and oxygen atoms in total. The van der Waals surface area contributed by atoms with Gasteiger partial charge in [0, 0.05) is 28.9 Å². The van der Waals surface area contributed by atoms with Crippen molar-refractivity contribution in [1.82, 2.24) is 14.7 Å². The molecule has 2 heterocycles. The first-order chi connectivity index (χ1) is 11.1. The Morgan fingerprint density at radius 1 is 1.30 bits per heavy atom. The quantitative estimate of drug-likeness (QED) is 0.736. The number of rotatable bonds is 4. The summed E-state index contributed by atoms with van der Waals surface area (Å²) in [5, 5.41) is 4.03. The van der Waals surface area contributed by atoms with E-state index in [4.69, 9.17) is 16.1 Å². The van der Waals surface area contributed by atoms with Gasteiger partial charge in [0.2, 0.25) is 0 Å². The highest BCUT2D eigenvalue weighted by Gasteiger charge is 2.16. The van der Waals surface area contributed by atoms with E-state index in [1.54, 1.807) is 18.3 Å². The van der Waals surface area contributed by atoms with Crippen LogP contribution >= 0.6 is 11.6 Å². The van der Waals surface area contributed by atoms with E-state index in [1.807, 2.05) is 13.0 Å². The van der Waals surface area contributed by atoms with E-state index in [0.717, 1.165) is 11.3 Å². The SMILES string of the molecule is Cc1ncccc1Cn1c(Cc2c(F)cccc2Cl)noc1=O. The van der Waals surface area contributed by atoms with Crippen LogP contribution in [0.5, 0.6) is 0 Å². The van der Waals surface area contributed by atoms with Crippen LogP contribution < -0.4 is 5.76 Å². The second-order valence-corrected chi connectivity index (χ2v) is 5.48. The van der Waals surface area contributed by atoms with E-state index >= 15 is 0 Å². The van der Waals surface area contributed by atoms with Gasteiger partial charge in [-0.3, -0.25) is 14.1 Å². The van der Waals surface area contributed by atoms with Crippen LogP contribution in [0.25, 0.3) is 0 Å². The molecule has 0 fully saturated rings. The van der Waals surface area contributed by atoms with Gasteiger partial charge in [-0.2, -0.15) is 0 Å². The van der Waals surface area contributed by atoms with E-state index in [2.05, 4.69) is 10.1 Å². The van der Waals surface area contributed by atoms with Crippen LogP contribution in [0.1, 0.15) is 22.6 Å². The van der Waals surface area contributed by atoms with Crippen molar-refractivity contribution in [1.29, 1.82) is 0 Å². The van der Waals surface area contributed by atoms with Gasteiger partial charge in [0.05, 0.1) is 6.54 Å². The zero-order chi connectivity index (χ0) is 16.4. The number of hydrogen-bond donors (Lipinski definition) is 0. The van der Waals surface area contributed by atoms with Gasteiger partial charge in [-0.05, 0) is 30.7 Å². The van der Waals surface area contributed by atoms with Crippen molar-refractivity contribution in [2.75, 3.05) is 0 Å². The molecule has 0 N–H and O–H groups in total. The van der Waals surface area contributed by atoms with Crippen molar-refractivity contribution < 1.29 is 8.91 Å². The maximum absolute atomic E-state index is 13.9. The molecule has 3 aromatic rings. The minimum Gasteiger partial charge on any atom is -0.296 e. The van der Waals surface area contributed by atoms with Crippen molar-refractivity contribution in [2.45, 2.75) is 19.9 Å². The molecule has 0 amide bonds. The molecular formula is C16H13ClFN3O2. The summed E-state index contributed by atoms with van der Waals surface area (Å²) >= 11 is 6.03. The lowest BCUT2D eigenvalue weighted by Crippen LogP contribution is -2.19. The van der Waals surface area contributed by atoms with E-state index in [9.17, 15) is 9.18 Å². The van der Waals surface area contributed by atoms with Gasteiger partial charge in [-0.25, -0.2) is 9.18 Å². The highest BCUT2D eigenvalue weighted by molar-refractivity contribution is 6.31. The third-order valence-corrected chi connectivity index (χ3v) is 3.96. The second kappa shape index (κ2) is 6.34. The fourth-order valence-electron chi connectivity index (χ4n) is 2.29. The molecule has 0 aliphatic heterocycles. The van der Waals surface area contributed by atoms with Gasteiger partial charge in [-0.15, -0.1) is 0 Å². The second-order valence-electron chi connectivity index (χ2n) is 5.08. The molecule has 23 heavy (non-hydrogen) atoms. The Kier molecular flexibility index (Phi) is 4.25. The van der Waals surface area contributed by atoms with Crippen molar-refractivity contribution >= 4 is 11.6 Å². The Bertz CT molecular complexity index is 884. The van der Waals surface area contributed by atoms with E-state index in [0.29, 0.717) is 5.82 Å². The van der Waals surface area contributed by atoms with E-state index < -0.39 is 11.6 Å². The van der Waals surface area contributed by atoms with E-state index in [-0.39, 0.29) is 23.6 Å². The fourth-order valence-corrected chi connectivity index (χ4v) is 2.52. The summed E-state index contributed by atoms with van der Waals surface area (Å²) in [7, 11) is 0. The van der Waals surface area contributed by atoms with Crippen LogP contribution in [-0.4, -0.2) is 14.7 Å². The standard InChI is InChI=1S/C16H13ClFN3O2/c1-10-11(4-3-7-19-10)9-21-15(20-23-16(21)22)8-12-13(17)5-2-6-14(12)18/h2-7H,8-9H2,1H3. The molecule has 0 saturated heterocycles. The smallest absolute Gasteiger partial charge is 0.296 e. The highest BCUT2D eigenvalue weighted by atomic mass is 35.5. The van der Waals surface area contributed by atoms with Crippen molar-refractivity contribution in [3.8, 4) is 0 Å². The first kappa shape index (κ1) is 15.4. The monoisotopic (exact) mass is 333 g/mol. The lowest BCUT2D eigenvalue weighted by atomic mass is 10.1. The normalized spacial score (nSPS) is 10.9.